The van der Waals surface area contributed by atoms with Crippen LogP contribution in [0.15, 0.2) is 0 Å². The lowest BCUT2D eigenvalue weighted by molar-refractivity contribution is -0.128. The third kappa shape index (κ3) is 7.35. The minimum Gasteiger partial charge on any atom is -0.379 e. The third-order valence-electron chi connectivity index (χ3n) is 4.80. The van der Waals surface area contributed by atoms with Gasteiger partial charge < -0.3 is 10.4 Å². The lowest BCUT2D eigenvalue weighted by atomic mass is 10.1. The molecule has 28 heavy (non-hydrogen) atoms. The van der Waals surface area contributed by atoms with Crippen molar-refractivity contribution in [2.45, 2.75) is 82.5 Å². The Labute approximate surface area is 163 Å². The van der Waals surface area contributed by atoms with Gasteiger partial charge in [-0.15, -0.1) is 0 Å². The SMILES string of the molecule is O=C1CC(NC(O)CCCCCCCCC(=O)N[C@H]2CC(=O)NC2=O)C(=O)N1. The monoisotopic (exact) mass is 396 g/mol. The summed E-state index contributed by atoms with van der Waals surface area (Å²) in [5.74, 6) is -1.76. The summed E-state index contributed by atoms with van der Waals surface area (Å²) < 4.78 is 0. The Morgan fingerprint density at radius 1 is 0.893 bits per heavy atom. The fourth-order valence-corrected chi connectivity index (χ4v) is 3.27. The molecule has 3 atom stereocenters. The second-order valence-electron chi connectivity index (χ2n) is 7.25. The molecule has 2 unspecified atom stereocenters. The average molecular weight is 396 g/mol. The van der Waals surface area contributed by atoms with Crippen LogP contribution in [0.25, 0.3) is 0 Å². The summed E-state index contributed by atoms with van der Waals surface area (Å²) in [6, 6.07) is -1.39. The normalized spacial score (nSPS) is 22.9. The van der Waals surface area contributed by atoms with Crippen molar-refractivity contribution in [1.82, 2.24) is 21.3 Å². The zero-order valence-corrected chi connectivity index (χ0v) is 15.8. The number of rotatable bonds is 12. The van der Waals surface area contributed by atoms with Crippen molar-refractivity contribution in [3.05, 3.63) is 0 Å². The fraction of sp³-hybridized carbons (Fsp3) is 0.722. The number of carbonyl (C=O) groups excluding carboxylic acids is 5. The van der Waals surface area contributed by atoms with Gasteiger partial charge in [0.2, 0.25) is 29.5 Å². The van der Waals surface area contributed by atoms with E-state index in [9.17, 15) is 29.1 Å². The van der Waals surface area contributed by atoms with Gasteiger partial charge in [0, 0.05) is 6.42 Å². The predicted molar refractivity (Wildman–Crippen MR) is 97.3 cm³/mol. The van der Waals surface area contributed by atoms with E-state index in [1.54, 1.807) is 0 Å². The van der Waals surface area contributed by atoms with Crippen LogP contribution in [0.4, 0.5) is 0 Å². The predicted octanol–water partition coefficient (Wildman–Crippen LogP) is -1.04. The maximum Gasteiger partial charge on any atom is 0.249 e. The van der Waals surface area contributed by atoms with Gasteiger partial charge in [-0.3, -0.25) is 39.9 Å². The second-order valence-corrected chi connectivity index (χ2v) is 7.25. The molecule has 0 spiro atoms. The minimum absolute atomic E-state index is 0.00695. The molecule has 2 aliphatic heterocycles. The van der Waals surface area contributed by atoms with Gasteiger partial charge in [-0.1, -0.05) is 25.7 Å². The van der Waals surface area contributed by atoms with Gasteiger partial charge in [0.1, 0.15) is 12.3 Å². The van der Waals surface area contributed by atoms with E-state index in [0.717, 1.165) is 32.1 Å². The van der Waals surface area contributed by atoms with Crippen molar-refractivity contribution in [2.75, 3.05) is 0 Å². The number of amides is 5. The first kappa shape index (κ1) is 22.0. The number of nitrogens with one attached hydrogen (secondary N) is 4. The number of aliphatic hydroxyl groups excluding tert-OH is 1. The first-order valence-corrected chi connectivity index (χ1v) is 9.76. The van der Waals surface area contributed by atoms with Gasteiger partial charge >= 0.3 is 0 Å². The molecule has 0 radical (unpaired) electrons. The van der Waals surface area contributed by atoms with Gasteiger partial charge in [0.05, 0.1) is 18.9 Å². The molecule has 0 aliphatic carbocycles. The molecule has 156 valence electrons. The maximum absolute atomic E-state index is 11.8. The summed E-state index contributed by atoms with van der Waals surface area (Å²) in [5.41, 5.74) is 0. The zero-order valence-electron chi connectivity index (χ0n) is 15.8. The quantitative estimate of drug-likeness (QED) is 0.160. The highest BCUT2D eigenvalue weighted by atomic mass is 16.3. The van der Waals surface area contributed by atoms with Crippen LogP contribution in [0.3, 0.4) is 0 Å². The van der Waals surface area contributed by atoms with Crippen molar-refractivity contribution in [3.8, 4) is 0 Å². The lowest BCUT2D eigenvalue weighted by Gasteiger charge is -2.15. The molecule has 0 aromatic carbocycles. The van der Waals surface area contributed by atoms with Crippen LogP contribution in [0, 0.1) is 0 Å². The van der Waals surface area contributed by atoms with Crippen LogP contribution in [0.5, 0.6) is 0 Å². The topological polar surface area (TPSA) is 154 Å². The van der Waals surface area contributed by atoms with Gasteiger partial charge in [-0.05, 0) is 19.3 Å². The maximum atomic E-state index is 11.8. The van der Waals surface area contributed by atoms with Crippen LogP contribution in [0.1, 0.15) is 64.2 Å². The van der Waals surface area contributed by atoms with Gasteiger partial charge in [0.25, 0.3) is 0 Å². The molecule has 0 bridgehead atoms. The van der Waals surface area contributed by atoms with E-state index < -0.39 is 30.1 Å². The second kappa shape index (κ2) is 10.9. The highest BCUT2D eigenvalue weighted by Crippen LogP contribution is 2.11. The smallest absolute Gasteiger partial charge is 0.249 e. The summed E-state index contributed by atoms with van der Waals surface area (Å²) in [6.07, 6.45) is 5.31. The number of carbonyl (C=O) groups is 5. The largest absolute Gasteiger partial charge is 0.379 e. The molecule has 2 fully saturated rings. The Morgan fingerprint density at radius 3 is 2.00 bits per heavy atom. The fourth-order valence-electron chi connectivity index (χ4n) is 3.27. The highest BCUT2D eigenvalue weighted by molar-refractivity contribution is 6.07. The zero-order chi connectivity index (χ0) is 20.5. The van der Waals surface area contributed by atoms with Gasteiger partial charge in [0.15, 0.2) is 0 Å². The Morgan fingerprint density at radius 2 is 1.43 bits per heavy atom. The van der Waals surface area contributed by atoms with Crippen LogP contribution < -0.4 is 21.3 Å². The molecule has 2 heterocycles. The number of hydrogen-bond donors (Lipinski definition) is 5. The van der Waals surface area contributed by atoms with Crippen LogP contribution in [-0.2, 0) is 24.0 Å². The number of imide groups is 2. The molecule has 2 aliphatic rings. The first-order chi connectivity index (χ1) is 13.3. The van der Waals surface area contributed by atoms with Crippen molar-refractivity contribution in [2.24, 2.45) is 0 Å². The Bertz CT molecular complexity index is 623. The molecular formula is C18H28N4O6. The highest BCUT2D eigenvalue weighted by Gasteiger charge is 2.32. The molecule has 5 amide bonds. The van der Waals surface area contributed by atoms with Crippen LogP contribution in [0.2, 0.25) is 0 Å². The van der Waals surface area contributed by atoms with Gasteiger partial charge in [-0.25, -0.2) is 0 Å². The molecule has 10 heteroatoms. The standard InChI is InChI=1S/C18H28N4O6/c23-13(19-11-9-15(25)21-17(11)27)7-5-3-1-2-4-6-8-14(24)20-12-10-16(26)22-18(12)28/h11-13,19,23H,1-10H2,(H,20,24)(H,21,25,27)(H,22,26,28)/t11?,12-,13?/m0/s1. The molecule has 2 saturated heterocycles. The molecule has 0 aromatic heterocycles. The third-order valence-corrected chi connectivity index (χ3v) is 4.80. The summed E-state index contributed by atoms with van der Waals surface area (Å²) in [5, 5.41) is 19.5. The number of aliphatic hydroxyl groups is 1. The van der Waals surface area contributed by atoms with E-state index in [1.165, 1.54) is 0 Å². The van der Waals surface area contributed by atoms with Crippen molar-refractivity contribution < 1.29 is 29.1 Å². The van der Waals surface area contributed by atoms with E-state index in [2.05, 4.69) is 21.3 Å². The van der Waals surface area contributed by atoms with E-state index in [0.29, 0.717) is 19.3 Å². The van der Waals surface area contributed by atoms with Crippen molar-refractivity contribution >= 4 is 29.5 Å². The summed E-state index contributed by atoms with van der Waals surface area (Å²) in [6.45, 7) is 0. The van der Waals surface area contributed by atoms with E-state index >= 15 is 0 Å². The molecule has 0 saturated carbocycles. The molecule has 0 aromatic rings. The summed E-state index contributed by atoms with van der Waals surface area (Å²) >= 11 is 0. The Kier molecular flexibility index (Phi) is 8.52. The van der Waals surface area contributed by atoms with E-state index in [-0.39, 0.29) is 30.6 Å². The Hall–Kier alpha value is -2.33. The lowest BCUT2D eigenvalue weighted by Crippen LogP contribution is -2.42. The van der Waals surface area contributed by atoms with E-state index in [4.69, 9.17) is 0 Å². The summed E-state index contributed by atoms with van der Waals surface area (Å²) in [7, 11) is 0. The van der Waals surface area contributed by atoms with Crippen molar-refractivity contribution in [1.29, 1.82) is 0 Å². The average Bonchev–Trinajstić information content (AvgIpc) is 3.10. The number of hydrogen-bond acceptors (Lipinski definition) is 7. The van der Waals surface area contributed by atoms with Crippen molar-refractivity contribution in [3.63, 3.8) is 0 Å². The molecule has 2 rings (SSSR count). The first-order valence-electron chi connectivity index (χ1n) is 9.76. The number of unbranched alkanes of at least 4 members (excludes halogenated alkanes) is 5. The van der Waals surface area contributed by atoms with E-state index in [1.807, 2.05) is 0 Å². The molecule has 5 N–H and O–H groups in total. The molecule has 10 nitrogen and oxygen atoms in total. The van der Waals surface area contributed by atoms with Gasteiger partial charge in [-0.2, -0.15) is 0 Å². The van der Waals surface area contributed by atoms with Crippen LogP contribution in [-0.4, -0.2) is 53.0 Å². The Balaban J connectivity index is 1.42. The van der Waals surface area contributed by atoms with Crippen LogP contribution >= 0.6 is 0 Å². The molecular weight excluding hydrogens is 368 g/mol. The minimum atomic E-state index is -0.815. The summed E-state index contributed by atoms with van der Waals surface area (Å²) in [4.78, 5) is 56.7.